The lowest BCUT2D eigenvalue weighted by Crippen LogP contribution is -2.42. The van der Waals surface area contributed by atoms with Crippen molar-refractivity contribution in [2.45, 2.75) is 33.6 Å². The van der Waals surface area contributed by atoms with Crippen LogP contribution in [-0.2, 0) is 9.59 Å². The molecule has 2 unspecified atom stereocenters. The molecule has 1 rings (SSSR count). The summed E-state index contributed by atoms with van der Waals surface area (Å²) in [4.78, 5) is 23.5. The minimum Gasteiger partial charge on any atom is -0.300 e. The lowest BCUT2D eigenvalue weighted by atomic mass is 9.78. The summed E-state index contributed by atoms with van der Waals surface area (Å²) in [6.45, 7) is 5.50. The highest BCUT2D eigenvalue weighted by molar-refractivity contribution is 8.00. The molecule has 0 radical (unpaired) electrons. The number of hydrogen-bond donors (Lipinski definition) is 0. The number of Topliss-reactive ketones (excluding diaryl/α,β-unsaturated/α-hetero) is 2. The minimum atomic E-state index is -0.251. The summed E-state index contributed by atoms with van der Waals surface area (Å²) in [6, 6.07) is 0. The SMILES string of the molecule is CCCSCC1(C(C)=O)CSCC(C(C)=O)C1. The Morgan fingerprint density at radius 2 is 2.12 bits per heavy atom. The third-order valence-electron chi connectivity index (χ3n) is 3.38. The number of carbonyl (C=O) groups excluding carboxylic acids is 2. The molecule has 1 aliphatic rings. The number of rotatable bonds is 6. The predicted molar refractivity (Wildman–Crippen MR) is 76.8 cm³/mol. The van der Waals surface area contributed by atoms with Gasteiger partial charge in [0, 0.05) is 28.6 Å². The van der Waals surface area contributed by atoms with Gasteiger partial charge < -0.3 is 0 Å². The van der Waals surface area contributed by atoms with Crippen LogP contribution in [0.5, 0.6) is 0 Å². The molecule has 4 heteroatoms. The van der Waals surface area contributed by atoms with Gasteiger partial charge in [0.25, 0.3) is 0 Å². The van der Waals surface area contributed by atoms with E-state index in [0.29, 0.717) is 0 Å². The van der Waals surface area contributed by atoms with E-state index < -0.39 is 0 Å². The molecule has 0 aromatic heterocycles. The smallest absolute Gasteiger partial charge is 0.137 e. The van der Waals surface area contributed by atoms with Gasteiger partial charge in [0.05, 0.1) is 0 Å². The van der Waals surface area contributed by atoms with E-state index in [9.17, 15) is 9.59 Å². The Morgan fingerprint density at radius 3 is 2.65 bits per heavy atom. The van der Waals surface area contributed by atoms with E-state index in [1.807, 2.05) is 11.8 Å². The summed E-state index contributed by atoms with van der Waals surface area (Å²) in [5.74, 6) is 4.35. The van der Waals surface area contributed by atoms with Crippen molar-refractivity contribution in [3.05, 3.63) is 0 Å². The molecule has 1 fully saturated rings. The van der Waals surface area contributed by atoms with Crippen LogP contribution in [-0.4, -0.2) is 34.6 Å². The first-order valence-corrected chi connectivity index (χ1v) is 8.50. The zero-order valence-electron chi connectivity index (χ0n) is 11.0. The molecule has 0 amide bonds. The fourth-order valence-corrected chi connectivity index (χ4v) is 5.05. The van der Waals surface area contributed by atoms with Crippen molar-refractivity contribution in [2.75, 3.05) is 23.0 Å². The van der Waals surface area contributed by atoms with Crippen LogP contribution < -0.4 is 0 Å². The molecule has 0 aliphatic carbocycles. The van der Waals surface area contributed by atoms with E-state index in [4.69, 9.17) is 0 Å². The molecule has 1 heterocycles. The molecule has 17 heavy (non-hydrogen) atoms. The van der Waals surface area contributed by atoms with E-state index in [0.717, 1.165) is 35.9 Å². The molecule has 1 aliphatic heterocycles. The van der Waals surface area contributed by atoms with Crippen molar-refractivity contribution >= 4 is 35.1 Å². The quantitative estimate of drug-likeness (QED) is 0.697. The molecule has 2 atom stereocenters. The number of ketones is 2. The lowest BCUT2D eigenvalue weighted by molar-refractivity contribution is -0.127. The molecule has 2 nitrogen and oxygen atoms in total. The van der Waals surface area contributed by atoms with Gasteiger partial charge in [0.15, 0.2) is 0 Å². The number of hydrogen-bond acceptors (Lipinski definition) is 4. The number of thioether (sulfide) groups is 2. The van der Waals surface area contributed by atoms with Gasteiger partial charge in [-0.25, -0.2) is 0 Å². The average molecular weight is 274 g/mol. The van der Waals surface area contributed by atoms with E-state index in [-0.39, 0.29) is 22.9 Å². The van der Waals surface area contributed by atoms with Gasteiger partial charge in [-0.2, -0.15) is 23.5 Å². The maximum absolute atomic E-state index is 11.9. The molecular formula is C13H22O2S2. The van der Waals surface area contributed by atoms with Crippen molar-refractivity contribution in [3.63, 3.8) is 0 Å². The van der Waals surface area contributed by atoms with Crippen molar-refractivity contribution in [3.8, 4) is 0 Å². The Balaban J connectivity index is 2.69. The zero-order chi connectivity index (χ0) is 12.9. The second-order valence-electron chi connectivity index (χ2n) is 4.92. The second kappa shape index (κ2) is 6.83. The van der Waals surface area contributed by atoms with Crippen LogP contribution in [0.3, 0.4) is 0 Å². The van der Waals surface area contributed by atoms with Gasteiger partial charge in [-0.05, 0) is 32.4 Å². The Morgan fingerprint density at radius 1 is 1.41 bits per heavy atom. The number of carbonyl (C=O) groups is 2. The molecule has 98 valence electrons. The van der Waals surface area contributed by atoms with Crippen LogP contribution in [0.2, 0.25) is 0 Å². The summed E-state index contributed by atoms with van der Waals surface area (Å²) in [7, 11) is 0. The summed E-state index contributed by atoms with van der Waals surface area (Å²) >= 11 is 3.62. The highest BCUT2D eigenvalue weighted by Crippen LogP contribution is 2.41. The van der Waals surface area contributed by atoms with E-state index in [2.05, 4.69) is 6.92 Å². The fraction of sp³-hybridized carbons (Fsp3) is 0.846. The monoisotopic (exact) mass is 274 g/mol. The van der Waals surface area contributed by atoms with E-state index in [1.165, 1.54) is 0 Å². The molecule has 1 saturated heterocycles. The van der Waals surface area contributed by atoms with Gasteiger partial charge in [0.1, 0.15) is 11.6 Å². The maximum Gasteiger partial charge on any atom is 0.137 e. The van der Waals surface area contributed by atoms with E-state index >= 15 is 0 Å². The van der Waals surface area contributed by atoms with Crippen LogP contribution in [0, 0.1) is 11.3 Å². The summed E-state index contributed by atoms with van der Waals surface area (Å²) in [5, 5.41) is 0. The first kappa shape index (κ1) is 15.1. The van der Waals surface area contributed by atoms with Crippen LogP contribution in [0.4, 0.5) is 0 Å². The first-order valence-electron chi connectivity index (χ1n) is 6.19. The second-order valence-corrected chi connectivity index (χ2v) is 7.05. The van der Waals surface area contributed by atoms with E-state index in [1.54, 1.807) is 25.6 Å². The Labute approximate surface area is 113 Å². The molecular weight excluding hydrogens is 252 g/mol. The molecule has 0 saturated carbocycles. The third kappa shape index (κ3) is 4.02. The standard InChI is InChI=1S/C13H22O2S2/c1-4-5-16-8-13(11(3)15)6-12(10(2)14)7-17-9-13/h12H,4-9H2,1-3H3. The van der Waals surface area contributed by atoms with Gasteiger partial charge >= 0.3 is 0 Å². The third-order valence-corrected chi connectivity index (χ3v) is 6.23. The molecule has 0 spiro atoms. The zero-order valence-corrected chi connectivity index (χ0v) is 12.6. The molecule has 0 aromatic carbocycles. The average Bonchev–Trinajstić information content (AvgIpc) is 2.29. The van der Waals surface area contributed by atoms with Crippen LogP contribution in [0.15, 0.2) is 0 Å². The van der Waals surface area contributed by atoms with Crippen LogP contribution in [0.25, 0.3) is 0 Å². The first-order chi connectivity index (χ1) is 8.02. The van der Waals surface area contributed by atoms with Gasteiger partial charge in [0.2, 0.25) is 0 Å². The van der Waals surface area contributed by atoms with Crippen LogP contribution in [0.1, 0.15) is 33.6 Å². The fourth-order valence-electron chi connectivity index (χ4n) is 2.11. The Hall–Kier alpha value is 0.0400. The Bertz CT molecular complexity index is 291. The van der Waals surface area contributed by atoms with Crippen LogP contribution >= 0.6 is 23.5 Å². The van der Waals surface area contributed by atoms with Gasteiger partial charge in [-0.3, -0.25) is 9.59 Å². The van der Waals surface area contributed by atoms with Gasteiger partial charge in [-0.1, -0.05) is 6.92 Å². The topological polar surface area (TPSA) is 34.1 Å². The van der Waals surface area contributed by atoms with Crippen molar-refractivity contribution in [1.29, 1.82) is 0 Å². The Kier molecular flexibility index (Phi) is 6.07. The highest BCUT2D eigenvalue weighted by atomic mass is 32.2. The summed E-state index contributed by atoms with van der Waals surface area (Å²) < 4.78 is 0. The van der Waals surface area contributed by atoms with Crippen molar-refractivity contribution < 1.29 is 9.59 Å². The largest absolute Gasteiger partial charge is 0.300 e. The normalized spacial score (nSPS) is 29.0. The van der Waals surface area contributed by atoms with Crippen molar-refractivity contribution in [2.24, 2.45) is 11.3 Å². The molecule has 0 aromatic rings. The van der Waals surface area contributed by atoms with Gasteiger partial charge in [-0.15, -0.1) is 0 Å². The lowest BCUT2D eigenvalue weighted by Gasteiger charge is -2.37. The molecule has 0 bridgehead atoms. The highest BCUT2D eigenvalue weighted by Gasteiger charge is 2.41. The summed E-state index contributed by atoms with van der Waals surface area (Å²) in [6.07, 6.45) is 1.91. The van der Waals surface area contributed by atoms with Crippen molar-refractivity contribution in [1.82, 2.24) is 0 Å². The summed E-state index contributed by atoms with van der Waals surface area (Å²) in [5.41, 5.74) is -0.251. The predicted octanol–water partition coefficient (Wildman–Crippen LogP) is 3.05. The molecule has 0 N–H and O–H groups in total. The maximum atomic E-state index is 11.9. The minimum absolute atomic E-state index is 0.0832.